The van der Waals surface area contributed by atoms with Crippen molar-refractivity contribution in [2.75, 3.05) is 11.5 Å². The first kappa shape index (κ1) is 35.3. The van der Waals surface area contributed by atoms with E-state index in [1.165, 1.54) is 110 Å². The molecule has 2 unspecified atom stereocenters. The quantitative estimate of drug-likeness (QED) is 0.0766. The van der Waals surface area contributed by atoms with Crippen molar-refractivity contribution in [3.63, 3.8) is 0 Å². The van der Waals surface area contributed by atoms with E-state index < -0.39 is 0 Å². The molecule has 0 saturated heterocycles. The summed E-state index contributed by atoms with van der Waals surface area (Å²) in [6, 6.07) is 36.3. The lowest BCUT2D eigenvalue weighted by Crippen LogP contribution is -2.10. The maximum absolute atomic E-state index is 6.02. The molecule has 0 fully saturated rings. The third-order valence-electron chi connectivity index (χ3n) is 9.90. The molecule has 0 bridgehead atoms. The van der Waals surface area contributed by atoms with Crippen molar-refractivity contribution in [3.05, 3.63) is 130 Å². The van der Waals surface area contributed by atoms with Gasteiger partial charge in [-0.15, -0.1) is 0 Å². The molecule has 4 N–H and O–H groups in total. The Kier molecular flexibility index (Phi) is 14.8. The van der Waals surface area contributed by atoms with Crippen LogP contribution in [0.4, 0.5) is 11.4 Å². The van der Waals surface area contributed by atoms with E-state index in [1.807, 2.05) is 0 Å². The molecule has 0 saturated carbocycles. The number of anilines is 2. The Bertz CT molecular complexity index is 1270. The van der Waals surface area contributed by atoms with E-state index in [1.54, 1.807) is 0 Å². The largest absolute Gasteiger partial charge is 0.399 e. The highest BCUT2D eigenvalue weighted by atomic mass is 14.5. The number of nitrogens with two attached hydrogens (primary N) is 2. The first-order chi connectivity index (χ1) is 22.5. The topological polar surface area (TPSA) is 52.0 Å². The van der Waals surface area contributed by atoms with E-state index in [9.17, 15) is 0 Å². The molecule has 4 rings (SSSR count). The number of hydrogen-bond donors (Lipinski definition) is 2. The van der Waals surface area contributed by atoms with Gasteiger partial charge in [0.05, 0.1) is 0 Å². The Hall–Kier alpha value is -3.52. The molecule has 0 heterocycles. The van der Waals surface area contributed by atoms with Gasteiger partial charge < -0.3 is 11.5 Å². The van der Waals surface area contributed by atoms with Gasteiger partial charge in [0.1, 0.15) is 0 Å². The van der Waals surface area contributed by atoms with Crippen LogP contribution in [0, 0.1) is 5.92 Å². The van der Waals surface area contributed by atoms with E-state index in [-0.39, 0.29) is 0 Å². The lowest BCUT2D eigenvalue weighted by molar-refractivity contribution is 0.452. The SMILES string of the molecule is CCCCCC(Cc1ccc(C(CCCCC)c2ccc(N)cc2)cc1)Cc1ccc(C(CCCCC)c2ccc(N)cc2)cc1. The molecule has 0 amide bonds. The Morgan fingerprint density at radius 3 is 1.02 bits per heavy atom. The molecule has 4 aromatic rings. The lowest BCUT2D eigenvalue weighted by Gasteiger charge is -2.21. The van der Waals surface area contributed by atoms with Crippen LogP contribution in [0.1, 0.15) is 143 Å². The van der Waals surface area contributed by atoms with Gasteiger partial charge in [-0.25, -0.2) is 0 Å². The van der Waals surface area contributed by atoms with Gasteiger partial charge in [-0.2, -0.15) is 0 Å². The van der Waals surface area contributed by atoms with E-state index in [0.29, 0.717) is 17.8 Å². The zero-order valence-electron chi connectivity index (χ0n) is 29.0. The third kappa shape index (κ3) is 11.1. The monoisotopic (exact) mass is 616 g/mol. The zero-order chi connectivity index (χ0) is 32.6. The molecule has 4 aromatic carbocycles. The predicted molar refractivity (Wildman–Crippen MR) is 202 cm³/mol. The van der Waals surface area contributed by atoms with Crippen molar-refractivity contribution in [3.8, 4) is 0 Å². The van der Waals surface area contributed by atoms with Crippen LogP contribution in [-0.4, -0.2) is 0 Å². The van der Waals surface area contributed by atoms with Gasteiger partial charge >= 0.3 is 0 Å². The molecular weight excluding hydrogens is 556 g/mol. The van der Waals surface area contributed by atoms with E-state index in [0.717, 1.165) is 24.2 Å². The van der Waals surface area contributed by atoms with Crippen molar-refractivity contribution in [2.45, 2.75) is 122 Å². The second-order valence-corrected chi connectivity index (χ2v) is 13.7. The summed E-state index contributed by atoms with van der Waals surface area (Å²) in [4.78, 5) is 0. The van der Waals surface area contributed by atoms with Gasteiger partial charge in [0.25, 0.3) is 0 Å². The van der Waals surface area contributed by atoms with Crippen LogP contribution >= 0.6 is 0 Å². The predicted octanol–water partition coefficient (Wildman–Crippen LogP) is 12.3. The molecule has 0 aromatic heterocycles. The third-order valence-corrected chi connectivity index (χ3v) is 9.90. The summed E-state index contributed by atoms with van der Waals surface area (Å²) in [7, 11) is 0. The summed E-state index contributed by atoms with van der Waals surface area (Å²) in [5, 5.41) is 0. The summed E-state index contributed by atoms with van der Waals surface area (Å²) in [5.41, 5.74) is 22.3. The molecule has 0 aliphatic carbocycles. The second kappa shape index (κ2) is 19.2. The zero-order valence-corrected chi connectivity index (χ0v) is 29.0. The Morgan fingerprint density at radius 2 is 0.696 bits per heavy atom. The summed E-state index contributed by atoms with van der Waals surface area (Å²) < 4.78 is 0. The van der Waals surface area contributed by atoms with Crippen LogP contribution in [0.15, 0.2) is 97.1 Å². The second-order valence-electron chi connectivity index (χ2n) is 13.7. The number of hydrogen-bond acceptors (Lipinski definition) is 2. The van der Waals surface area contributed by atoms with E-state index >= 15 is 0 Å². The molecule has 2 atom stereocenters. The fourth-order valence-corrected chi connectivity index (χ4v) is 7.10. The standard InChI is InChI=1S/C44H60N2/c1-4-7-10-13-36(32-34-16-20-37(21-17-34)43(14-11-8-5-2)39-24-28-41(45)29-25-39)33-35-18-22-38(23-19-35)44(15-12-9-6-3)40-26-30-42(46)31-27-40/h16-31,36,43-44H,4-15,32-33,45-46H2,1-3H3. The highest BCUT2D eigenvalue weighted by Gasteiger charge is 2.17. The fraction of sp³-hybridized carbons (Fsp3) is 0.455. The molecule has 2 nitrogen and oxygen atoms in total. The van der Waals surface area contributed by atoms with Gasteiger partial charge in [0, 0.05) is 23.2 Å². The fourth-order valence-electron chi connectivity index (χ4n) is 7.10. The summed E-state index contributed by atoms with van der Waals surface area (Å²) in [6.07, 6.45) is 17.4. The Labute approximate surface area is 281 Å². The number of nitrogen functional groups attached to an aromatic ring is 2. The van der Waals surface area contributed by atoms with Crippen LogP contribution in [0.3, 0.4) is 0 Å². The van der Waals surface area contributed by atoms with E-state index in [4.69, 9.17) is 11.5 Å². The van der Waals surface area contributed by atoms with Gasteiger partial charge in [-0.05, 0) is 95.7 Å². The molecule has 0 aliphatic rings. The summed E-state index contributed by atoms with van der Waals surface area (Å²) in [5.74, 6) is 1.51. The van der Waals surface area contributed by atoms with Gasteiger partial charge in [0.15, 0.2) is 0 Å². The maximum Gasteiger partial charge on any atom is 0.0314 e. The molecule has 2 heteroatoms. The Balaban J connectivity index is 1.47. The van der Waals surface area contributed by atoms with Crippen molar-refractivity contribution >= 4 is 11.4 Å². The van der Waals surface area contributed by atoms with Gasteiger partial charge in [-0.1, -0.05) is 151 Å². The van der Waals surface area contributed by atoms with Gasteiger partial charge in [-0.3, -0.25) is 0 Å². The first-order valence-electron chi connectivity index (χ1n) is 18.4. The minimum atomic E-state index is 0.430. The van der Waals surface area contributed by atoms with Crippen molar-refractivity contribution in [1.82, 2.24) is 0 Å². The molecule has 0 aliphatic heterocycles. The minimum absolute atomic E-state index is 0.430. The molecule has 246 valence electrons. The van der Waals surface area contributed by atoms with Crippen molar-refractivity contribution < 1.29 is 0 Å². The van der Waals surface area contributed by atoms with Gasteiger partial charge in [0.2, 0.25) is 0 Å². The molecule has 0 spiro atoms. The number of unbranched alkanes of at least 4 members (excludes halogenated alkanes) is 6. The smallest absolute Gasteiger partial charge is 0.0314 e. The van der Waals surface area contributed by atoms with Crippen molar-refractivity contribution in [2.24, 2.45) is 5.92 Å². The summed E-state index contributed by atoms with van der Waals surface area (Å²) in [6.45, 7) is 6.87. The highest BCUT2D eigenvalue weighted by Crippen LogP contribution is 2.33. The average molecular weight is 617 g/mol. The lowest BCUT2D eigenvalue weighted by atomic mass is 9.84. The van der Waals surface area contributed by atoms with Crippen LogP contribution < -0.4 is 11.5 Å². The maximum atomic E-state index is 6.02. The number of benzene rings is 4. The highest BCUT2D eigenvalue weighted by molar-refractivity contribution is 5.44. The molecule has 46 heavy (non-hydrogen) atoms. The minimum Gasteiger partial charge on any atom is -0.399 e. The summed E-state index contributed by atoms with van der Waals surface area (Å²) >= 11 is 0. The molecule has 0 radical (unpaired) electrons. The van der Waals surface area contributed by atoms with E-state index in [2.05, 4.69) is 118 Å². The number of rotatable bonds is 20. The van der Waals surface area contributed by atoms with Crippen LogP contribution in [-0.2, 0) is 12.8 Å². The average Bonchev–Trinajstić information content (AvgIpc) is 3.07. The van der Waals surface area contributed by atoms with Crippen LogP contribution in [0.2, 0.25) is 0 Å². The normalized spacial score (nSPS) is 13.4. The van der Waals surface area contributed by atoms with Crippen molar-refractivity contribution in [1.29, 1.82) is 0 Å². The van der Waals surface area contributed by atoms with Crippen LogP contribution in [0.5, 0.6) is 0 Å². The molecular formula is C44H60N2. The first-order valence-corrected chi connectivity index (χ1v) is 18.4. The van der Waals surface area contributed by atoms with Crippen LogP contribution in [0.25, 0.3) is 0 Å². The Morgan fingerprint density at radius 1 is 0.391 bits per heavy atom.